The Bertz CT molecular complexity index is 1180. The molecule has 1 aromatic carbocycles. The Kier molecular flexibility index (Phi) is 5.54. The van der Waals surface area contributed by atoms with Crippen LogP contribution in [0, 0.1) is 0 Å². The predicted octanol–water partition coefficient (Wildman–Crippen LogP) is 1.36. The summed E-state index contributed by atoms with van der Waals surface area (Å²) in [6, 6.07) is 11.1. The minimum Gasteiger partial charge on any atom is -0.378 e. The Morgan fingerprint density at radius 1 is 1.00 bits per heavy atom. The number of rotatable bonds is 5. The molecule has 2 aromatic heterocycles. The molecule has 0 aliphatic heterocycles. The number of nitrogens with zero attached hydrogens (tertiary/aromatic N) is 5. The largest absolute Gasteiger partial charge is 0.378 e. The lowest BCUT2D eigenvalue weighted by Crippen LogP contribution is -2.37. The molecule has 0 aliphatic rings. The van der Waals surface area contributed by atoms with E-state index >= 15 is 0 Å². The second-order valence-electron chi connectivity index (χ2n) is 7.15. The Labute approximate surface area is 168 Å². The zero-order valence-electron chi connectivity index (χ0n) is 17.3. The molecular weight excluding hydrogens is 370 g/mol. The molecule has 0 fully saturated rings. The van der Waals surface area contributed by atoms with Gasteiger partial charge in [0.1, 0.15) is 11.3 Å². The first-order valence-corrected chi connectivity index (χ1v) is 9.37. The lowest BCUT2D eigenvalue weighted by molar-refractivity contribution is 0.0747. The molecule has 0 bridgehead atoms. The van der Waals surface area contributed by atoms with Gasteiger partial charge in [-0.15, -0.1) is 0 Å². The first-order valence-electron chi connectivity index (χ1n) is 9.37. The van der Waals surface area contributed by atoms with E-state index in [1.54, 1.807) is 11.0 Å². The molecule has 1 amide bonds. The second kappa shape index (κ2) is 7.90. The lowest BCUT2D eigenvalue weighted by atomic mass is 10.1. The van der Waals surface area contributed by atoms with E-state index in [9.17, 15) is 14.4 Å². The summed E-state index contributed by atoms with van der Waals surface area (Å²) in [5.41, 5.74) is 1.59. The van der Waals surface area contributed by atoms with Crippen LogP contribution in [-0.4, -0.2) is 45.6 Å². The first-order chi connectivity index (χ1) is 13.7. The fraction of sp³-hybridized carbons (Fsp3) is 0.333. The maximum atomic E-state index is 13.0. The summed E-state index contributed by atoms with van der Waals surface area (Å²) in [6.07, 6.45) is 0. The highest BCUT2D eigenvalue weighted by Crippen LogP contribution is 2.15. The van der Waals surface area contributed by atoms with Gasteiger partial charge in [-0.2, -0.15) is 0 Å². The summed E-state index contributed by atoms with van der Waals surface area (Å²) in [4.78, 5) is 45.5. The number of benzene rings is 1. The number of aryl methyl sites for hydroxylation is 1. The van der Waals surface area contributed by atoms with Crippen molar-refractivity contribution in [1.29, 1.82) is 0 Å². The smallest absolute Gasteiger partial charge is 0.332 e. The van der Waals surface area contributed by atoms with Gasteiger partial charge in [0.05, 0.1) is 5.39 Å². The van der Waals surface area contributed by atoms with E-state index in [0.717, 1.165) is 15.8 Å². The monoisotopic (exact) mass is 395 g/mol. The Morgan fingerprint density at radius 2 is 1.66 bits per heavy atom. The van der Waals surface area contributed by atoms with Gasteiger partial charge in [-0.1, -0.05) is 12.1 Å². The van der Waals surface area contributed by atoms with E-state index in [1.165, 1.54) is 24.7 Å². The number of pyridine rings is 1. The maximum Gasteiger partial charge on any atom is 0.332 e. The summed E-state index contributed by atoms with van der Waals surface area (Å²) in [5, 5.41) is 0.300. The average Bonchev–Trinajstić information content (AvgIpc) is 2.73. The van der Waals surface area contributed by atoms with Gasteiger partial charge in [0.15, 0.2) is 0 Å². The first kappa shape index (κ1) is 20.3. The predicted molar refractivity (Wildman–Crippen MR) is 113 cm³/mol. The van der Waals surface area contributed by atoms with Crippen LogP contribution in [-0.2, 0) is 20.6 Å². The number of carbonyl (C=O) groups excluding carboxylic acids is 1. The highest BCUT2D eigenvalue weighted by atomic mass is 16.2. The zero-order chi connectivity index (χ0) is 21.3. The van der Waals surface area contributed by atoms with E-state index in [4.69, 9.17) is 0 Å². The van der Waals surface area contributed by atoms with Crippen LogP contribution >= 0.6 is 0 Å². The van der Waals surface area contributed by atoms with Crippen LogP contribution in [0.3, 0.4) is 0 Å². The molecule has 0 unspecified atom stereocenters. The summed E-state index contributed by atoms with van der Waals surface area (Å²) in [7, 11) is 6.91. The minimum absolute atomic E-state index is 0.201. The van der Waals surface area contributed by atoms with Gasteiger partial charge < -0.3 is 9.80 Å². The van der Waals surface area contributed by atoms with Crippen molar-refractivity contribution in [3.8, 4) is 0 Å². The van der Waals surface area contributed by atoms with Crippen LogP contribution in [0.25, 0.3) is 11.0 Å². The van der Waals surface area contributed by atoms with E-state index in [-0.39, 0.29) is 17.2 Å². The van der Waals surface area contributed by atoms with Gasteiger partial charge in [0, 0.05) is 47.0 Å². The van der Waals surface area contributed by atoms with Crippen molar-refractivity contribution in [2.24, 2.45) is 14.1 Å². The van der Waals surface area contributed by atoms with Gasteiger partial charge in [-0.3, -0.25) is 18.7 Å². The van der Waals surface area contributed by atoms with Gasteiger partial charge in [-0.05, 0) is 36.8 Å². The molecule has 8 nitrogen and oxygen atoms in total. The second-order valence-corrected chi connectivity index (χ2v) is 7.15. The van der Waals surface area contributed by atoms with Crippen LogP contribution in [0.4, 0.5) is 5.69 Å². The molecule has 3 rings (SSSR count). The van der Waals surface area contributed by atoms with Crippen molar-refractivity contribution in [3.63, 3.8) is 0 Å². The van der Waals surface area contributed by atoms with Crippen molar-refractivity contribution >= 4 is 22.6 Å². The zero-order valence-corrected chi connectivity index (χ0v) is 17.3. The standard InChI is InChI=1S/C21H25N5O3/c1-6-26(13-14-7-9-15(10-8-14)23(2)3)20(28)17-12-11-16-18(22-17)24(4)21(29)25(5)19(16)27/h7-12H,6,13H2,1-5H3. The Balaban J connectivity index is 1.94. The van der Waals surface area contributed by atoms with Crippen molar-refractivity contribution in [2.75, 3.05) is 25.5 Å². The lowest BCUT2D eigenvalue weighted by Gasteiger charge is -2.21. The van der Waals surface area contributed by atoms with Crippen LogP contribution in [0.15, 0.2) is 46.0 Å². The molecular formula is C21H25N5O3. The van der Waals surface area contributed by atoms with Gasteiger partial charge >= 0.3 is 5.69 Å². The van der Waals surface area contributed by atoms with Crippen LogP contribution < -0.4 is 16.1 Å². The number of hydrogen-bond donors (Lipinski definition) is 0. The summed E-state index contributed by atoms with van der Waals surface area (Å²) >= 11 is 0. The van der Waals surface area contributed by atoms with Crippen molar-refractivity contribution in [1.82, 2.24) is 19.0 Å². The molecule has 0 saturated heterocycles. The fourth-order valence-electron chi connectivity index (χ4n) is 3.18. The van der Waals surface area contributed by atoms with Crippen LogP contribution in [0.1, 0.15) is 23.0 Å². The number of anilines is 1. The quantitative estimate of drug-likeness (QED) is 0.652. The third-order valence-corrected chi connectivity index (χ3v) is 5.02. The minimum atomic E-state index is -0.479. The molecule has 0 spiro atoms. The van der Waals surface area contributed by atoms with E-state index in [2.05, 4.69) is 4.98 Å². The SMILES string of the molecule is CCN(Cc1ccc(N(C)C)cc1)C(=O)c1ccc2c(=O)n(C)c(=O)n(C)c2n1. The van der Waals surface area contributed by atoms with Crippen LogP contribution in [0.2, 0.25) is 0 Å². The van der Waals surface area contributed by atoms with E-state index in [0.29, 0.717) is 18.5 Å². The van der Waals surface area contributed by atoms with Crippen LogP contribution in [0.5, 0.6) is 0 Å². The highest BCUT2D eigenvalue weighted by molar-refractivity contribution is 5.94. The number of carbonyl (C=O) groups is 1. The van der Waals surface area contributed by atoms with Crippen molar-refractivity contribution in [2.45, 2.75) is 13.5 Å². The van der Waals surface area contributed by atoms with Gasteiger partial charge in [0.2, 0.25) is 0 Å². The fourth-order valence-corrected chi connectivity index (χ4v) is 3.18. The molecule has 0 saturated carbocycles. The normalized spacial score (nSPS) is 10.9. The number of aromatic nitrogens is 3. The summed E-state index contributed by atoms with van der Waals surface area (Å²) in [6.45, 7) is 2.85. The Hall–Kier alpha value is -3.42. The number of amides is 1. The topological polar surface area (TPSA) is 80.4 Å². The van der Waals surface area contributed by atoms with Crippen molar-refractivity contribution in [3.05, 3.63) is 68.5 Å². The highest BCUT2D eigenvalue weighted by Gasteiger charge is 2.18. The number of fused-ring (bicyclic) bond motifs is 1. The average molecular weight is 395 g/mol. The molecule has 0 radical (unpaired) electrons. The third kappa shape index (κ3) is 3.78. The summed E-state index contributed by atoms with van der Waals surface area (Å²) < 4.78 is 2.31. The van der Waals surface area contributed by atoms with E-state index in [1.807, 2.05) is 50.2 Å². The molecule has 0 atom stereocenters. The molecule has 152 valence electrons. The molecule has 29 heavy (non-hydrogen) atoms. The summed E-state index contributed by atoms with van der Waals surface area (Å²) in [5.74, 6) is -0.251. The van der Waals surface area contributed by atoms with Gasteiger partial charge in [0.25, 0.3) is 11.5 Å². The van der Waals surface area contributed by atoms with E-state index < -0.39 is 11.2 Å². The Morgan fingerprint density at radius 3 is 2.24 bits per heavy atom. The molecule has 0 N–H and O–H groups in total. The number of hydrogen-bond acceptors (Lipinski definition) is 5. The maximum absolute atomic E-state index is 13.0. The molecule has 0 aliphatic carbocycles. The van der Waals surface area contributed by atoms with Crippen molar-refractivity contribution < 1.29 is 4.79 Å². The molecule has 3 aromatic rings. The van der Waals surface area contributed by atoms with Gasteiger partial charge in [-0.25, -0.2) is 9.78 Å². The molecule has 2 heterocycles. The third-order valence-electron chi connectivity index (χ3n) is 5.02. The molecule has 8 heteroatoms.